The van der Waals surface area contributed by atoms with Gasteiger partial charge in [0.15, 0.2) is 0 Å². The number of rotatable bonds is 5. The predicted molar refractivity (Wildman–Crippen MR) is 73.8 cm³/mol. The van der Waals surface area contributed by atoms with Crippen molar-refractivity contribution in [3.8, 4) is 5.75 Å². The molecule has 0 amide bonds. The average Bonchev–Trinajstić information content (AvgIpc) is 2.24. The van der Waals surface area contributed by atoms with Crippen LogP contribution in [0.5, 0.6) is 5.75 Å². The molecule has 0 fully saturated rings. The Bertz CT molecular complexity index is 358. The van der Waals surface area contributed by atoms with Crippen molar-refractivity contribution >= 4 is 11.6 Å². The van der Waals surface area contributed by atoms with Crippen molar-refractivity contribution in [1.82, 2.24) is 5.32 Å². The van der Waals surface area contributed by atoms with Gasteiger partial charge in [-0.1, -0.05) is 30.7 Å². The van der Waals surface area contributed by atoms with Crippen molar-refractivity contribution in [2.75, 3.05) is 6.61 Å². The molecule has 0 spiro atoms. The van der Waals surface area contributed by atoms with Crippen molar-refractivity contribution in [3.63, 3.8) is 0 Å². The maximum atomic E-state index is 6.16. The van der Waals surface area contributed by atoms with E-state index >= 15 is 0 Å². The first-order valence-corrected chi connectivity index (χ1v) is 6.47. The first-order valence-electron chi connectivity index (χ1n) is 6.09. The Labute approximate surface area is 109 Å². The van der Waals surface area contributed by atoms with Gasteiger partial charge in [-0.25, -0.2) is 0 Å². The minimum atomic E-state index is 0.0876. The molecule has 0 aliphatic heterocycles. The fourth-order valence-corrected chi connectivity index (χ4v) is 1.67. The van der Waals surface area contributed by atoms with Crippen LogP contribution in [-0.2, 0) is 6.54 Å². The third kappa shape index (κ3) is 4.97. The summed E-state index contributed by atoms with van der Waals surface area (Å²) >= 11 is 6.16. The molecule has 0 aliphatic rings. The lowest BCUT2D eigenvalue weighted by atomic mass is 10.1. The summed E-state index contributed by atoms with van der Waals surface area (Å²) in [5.41, 5.74) is 1.20. The normalized spacial score (nSPS) is 11.6. The van der Waals surface area contributed by atoms with E-state index in [1.165, 1.54) is 0 Å². The lowest BCUT2D eigenvalue weighted by molar-refractivity contribution is 0.311. The van der Waals surface area contributed by atoms with Crippen LogP contribution in [0.25, 0.3) is 0 Å². The first-order chi connectivity index (χ1) is 7.94. The van der Waals surface area contributed by atoms with E-state index in [-0.39, 0.29) is 5.54 Å². The van der Waals surface area contributed by atoms with Crippen LogP contribution in [0, 0.1) is 0 Å². The summed E-state index contributed by atoms with van der Waals surface area (Å²) in [6.07, 6.45) is 0.983. The van der Waals surface area contributed by atoms with Gasteiger partial charge in [0, 0.05) is 17.6 Å². The molecule has 0 unspecified atom stereocenters. The molecule has 0 aliphatic carbocycles. The minimum Gasteiger partial charge on any atom is -0.492 e. The molecule has 1 N–H and O–H groups in total. The molecule has 1 aromatic carbocycles. The van der Waals surface area contributed by atoms with Crippen molar-refractivity contribution in [3.05, 3.63) is 28.8 Å². The van der Waals surface area contributed by atoms with E-state index in [1.807, 2.05) is 12.1 Å². The van der Waals surface area contributed by atoms with Crippen LogP contribution in [0.15, 0.2) is 18.2 Å². The van der Waals surface area contributed by atoms with Crippen LogP contribution in [0.4, 0.5) is 0 Å². The number of halogens is 1. The molecular weight excluding hydrogens is 234 g/mol. The highest BCUT2D eigenvalue weighted by Crippen LogP contribution is 2.29. The summed E-state index contributed by atoms with van der Waals surface area (Å²) in [7, 11) is 0. The van der Waals surface area contributed by atoms with E-state index < -0.39 is 0 Å². The van der Waals surface area contributed by atoms with E-state index in [1.54, 1.807) is 0 Å². The molecule has 0 saturated heterocycles. The second kappa shape index (κ2) is 6.27. The molecule has 0 heterocycles. The van der Waals surface area contributed by atoms with Gasteiger partial charge in [-0.05, 0) is 33.3 Å². The summed E-state index contributed by atoms with van der Waals surface area (Å²) in [5.74, 6) is 0.813. The van der Waals surface area contributed by atoms with Crippen LogP contribution in [0.1, 0.15) is 39.7 Å². The van der Waals surface area contributed by atoms with E-state index in [2.05, 4.69) is 39.1 Å². The lowest BCUT2D eigenvalue weighted by Gasteiger charge is -2.22. The van der Waals surface area contributed by atoms with Crippen LogP contribution in [0.2, 0.25) is 5.02 Å². The molecule has 0 bridgehead atoms. The molecule has 0 radical (unpaired) electrons. The van der Waals surface area contributed by atoms with Crippen LogP contribution >= 0.6 is 11.6 Å². The fourth-order valence-electron chi connectivity index (χ4n) is 1.42. The number of hydrogen-bond acceptors (Lipinski definition) is 2. The molecule has 3 heteroatoms. The van der Waals surface area contributed by atoms with Crippen molar-refractivity contribution in [2.24, 2.45) is 0 Å². The van der Waals surface area contributed by atoms with Gasteiger partial charge < -0.3 is 10.1 Å². The highest BCUT2D eigenvalue weighted by Gasteiger charge is 2.12. The highest BCUT2D eigenvalue weighted by molar-refractivity contribution is 6.32. The van der Waals surface area contributed by atoms with Crippen molar-refractivity contribution < 1.29 is 4.74 Å². The number of ether oxygens (including phenoxy) is 1. The van der Waals surface area contributed by atoms with E-state index in [9.17, 15) is 0 Å². The maximum absolute atomic E-state index is 6.16. The smallest absolute Gasteiger partial charge is 0.142 e. The van der Waals surface area contributed by atoms with Gasteiger partial charge in [0.25, 0.3) is 0 Å². The number of hydrogen-bond donors (Lipinski definition) is 1. The highest BCUT2D eigenvalue weighted by atomic mass is 35.5. The SMILES string of the molecule is CCCOc1c(Cl)cccc1CNC(C)(C)C. The molecule has 0 aromatic heterocycles. The number of nitrogens with one attached hydrogen (secondary N) is 1. The molecule has 17 heavy (non-hydrogen) atoms. The van der Waals surface area contributed by atoms with Gasteiger partial charge in [0.1, 0.15) is 5.75 Å². The van der Waals surface area contributed by atoms with Gasteiger partial charge in [0.2, 0.25) is 0 Å². The molecule has 2 nitrogen and oxygen atoms in total. The number of benzene rings is 1. The van der Waals surface area contributed by atoms with Crippen LogP contribution < -0.4 is 10.1 Å². The molecule has 1 rings (SSSR count). The zero-order chi connectivity index (χ0) is 12.9. The van der Waals surface area contributed by atoms with Gasteiger partial charge in [-0.15, -0.1) is 0 Å². The standard InChI is InChI=1S/C14H22ClNO/c1-5-9-17-13-11(7-6-8-12(13)15)10-16-14(2,3)4/h6-8,16H,5,9-10H2,1-4H3. The quantitative estimate of drug-likeness (QED) is 0.858. The van der Waals surface area contributed by atoms with Gasteiger partial charge in [-0.2, -0.15) is 0 Å². The maximum Gasteiger partial charge on any atom is 0.142 e. The zero-order valence-corrected chi connectivity index (χ0v) is 11.9. The zero-order valence-electron chi connectivity index (χ0n) is 11.1. The van der Waals surface area contributed by atoms with Crippen molar-refractivity contribution in [1.29, 1.82) is 0 Å². The van der Waals surface area contributed by atoms with Gasteiger partial charge >= 0.3 is 0 Å². The average molecular weight is 256 g/mol. The minimum absolute atomic E-state index is 0.0876. The predicted octanol–water partition coefficient (Wildman–Crippen LogP) is 4.02. The summed E-state index contributed by atoms with van der Waals surface area (Å²) in [6.45, 7) is 9.98. The lowest BCUT2D eigenvalue weighted by Crippen LogP contribution is -2.35. The van der Waals surface area contributed by atoms with E-state index in [4.69, 9.17) is 16.3 Å². The molecule has 1 aromatic rings. The third-order valence-corrected chi connectivity index (χ3v) is 2.61. The van der Waals surface area contributed by atoms with E-state index in [0.29, 0.717) is 11.6 Å². The second-order valence-corrected chi connectivity index (χ2v) is 5.59. The Morgan fingerprint density at radius 2 is 2.00 bits per heavy atom. The summed E-state index contributed by atoms with van der Waals surface area (Å²) in [6, 6.07) is 5.88. The van der Waals surface area contributed by atoms with Crippen molar-refractivity contribution in [2.45, 2.75) is 46.2 Å². The Hall–Kier alpha value is -0.730. The fraction of sp³-hybridized carbons (Fsp3) is 0.571. The van der Waals surface area contributed by atoms with Crippen LogP contribution in [0.3, 0.4) is 0 Å². The number of para-hydroxylation sites is 1. The van der Waals surface area contributed by atoms with Gasteiger partial charge in [-0.3, -0.25) is 0 Å². The Morgan fingerprint density at radius 3 is 2.59 bits per heavy atom. The molecule has 0 saturated carbocycles. The Morgan fingerprint density at radius 1 is 1.29 bits per heavy atom. The molecular formula is C14H22ClNO. The van der Waals surface area contributed by atoms with E-state index in [0.717, 1.165) is 24.3 Å². The second-order valence-electron chi connectivity index (χ2n) is 5.18. The van der Waals surface area contributed by atoms with Gasteiger partial charge in [0.05, 0.1) is 11.6 Å². The Balaban J connectivity index is 2.79. The largest absolute Gasteiger partial charge is 0.492 e. The topological polar surface area (TPSA) is 21.3 Å². The summed E-state index contributed by atoms with van der Waals surface area (Å²) in [4.78, 5) is 0. The summed E-state index contributed by atoms with van der Waals surface area (Å²) in [5, 5.41) is 4.13. The summed E-state index contributed by atoms with van der Waals surface area (Å²) < 4.78 is 5.71. The first kappa shape index (κ1) is 14.3. The third-order valence-electron chi connectivity index (χ3n) is 2.31. The monoisotopic (exact) mass is 255 g/mol. The Kier molecular flexibility index (Phi) is 5.29. The molecule has 0 atom stereocenters. The molecule has 96 valence electrons. The van der Waals surface area contributed by atoms with Crippen LogP contribution in [-0.4, -0.2) is 12.1 Å².